The standard InChI is InChI=1S/C13H13FN4O/c1-9(2)18-13(16-8-17-18)7-19-12-5-3-4-11(14)10(12)6-15/h3-5,8-9H,7H2,1-2H3. The van der Waals surface area contributed by atoms with E-state index in [4.69, 9.17) is 10.00 Å². The highest BCUT2D eigenvalue weighted by atomic mass is 19.1. The number of halogens is 1. The monoisotopic (exact) mass is 260 g/mol. The van der Waals surface area contributed by atoms with Gasteiger partial charge in [-0.3, -0.25) is 0 Å². The van der Waals surface area contributed by atoms with Crippen molar-refractivity contribution in [1.29, 1.82) is 5.26 Å². The maximum absolute atomic E-state index is 13.4. The Morgan fingerprint density at radius 1 is 1.47 bits per heavy atom. The van der Waals surface area contributed by atoms with Crippen LogP contribution in [0.1, 0.15) is 31.3 Å². The average molecular weight is 260 g/mol. The van der Waals surface area contributed by atoms with Crippen LogP contribution in [-0.4, -0.2) is 14.8 Å². The molecule has 0 N–H and O–H groups in total. The molecule has 0 saturated heterocycles. The minimum atomic E-state index is -0.592. The van der Waals surface area contributed by atoms with Gasteiger partial charge in [0.25, 0.3) is 0 Å². The summed E-state index contributed by atoms with van der Waals surface area (Å²) in [5.74, 6) is 0.245. The summed E-state index contributed by atoms with van der Waals surface area (Å²) in [5, 5.41) is 13.0. The second-order valence-electron chi connectivity index (χ2n) is 4.23. The molecule has 1 heterocycles. The number of hydrogen-bond donors (Lipinski definition) is 0. The van der Waals surface area contributed by atoms with Crippen molar-refractivity contribution in [1.82, 2.24) is 14.8 Å². The van der Waals surface area contributed by atoms with Gasteiger partial charge in [-0.1, -0.05) is 6.07 Å². The summed E-state index contributed by atoms with van der Waals surface area (Å²) in [7, 11) is 0. The number of ether oxygens (including phenoxy) is 1. The molecule has 0 aliphatic rings. The normalized spacial score (nSPS) is 10.5. The molecule has 0 aliphatic heterocycles. The van der Waals surface area contributed by atoms with E-state index < -0.39 is 5.82 Å². The molecule has 19 heavy (non-hydrogen) atoms. The van der Waals surface area contributed by atoms with E-state index in [1.54, 1.807) is 16.8 Å². The van der Waals surface area contributed by atoms with E-state index in [0.717, 1.165) is 0 Å². The molecule has 0 radical (unpaired) electrons. The fourth-order valence-electron chi connectivity index (χ4n) is 1.68. The van der Waals surface area contributed by atoms with Crippen LogP contribution in [0.15, 0.2) is 24.5 Å². The molecule has 0 amide bonds. The van der Waals surface area contributed by atoms with Gasteiger partial charge >= 0.3 is 0 Å². The lowest BCUT2D eigenvalue weighted by Crippen LogP contribution is -2.11. The quantitative estimate of drug-likeness (QED) is 0.847. The van der Waals surface area contributed by atoms with E-state index in [1.807, 2.05) is 13.8 Å². The predicted octanol–water partition coefficient (Wildman–Crippen LogP) is 2.45. The van der Waals surface area contributed by atoms with E-state index in [1.165, 1.54) is 18.5 Å². The van der Waals surface area contributed by atoms with Gasteiger partial charge in [0.1, 0.15) is 36.1 Å². The Kier molecular flexibility index (Phi) is 3.76. The third-order valence-corrected chi connectivity index (χ3v) is 2.58. The molecule has 0 bridgehead atoms. The van der Waals surface area contributed by atoms with Crippen LogP contribution in [0.25, 0.3) is 0 Å². The highest BCUT2D eigenvalue weighted by Crippen LogP contribution is 2.21. The maximum Gasteiger partial charge on any atom is 0.165 e. The molecule has 98 valence electrons. The van der Waals surface area contributed by atoms with E-state index in [2.05, 4.69) is 10.1 Å². The van der Waals surface area contributed by atoms with Gasteiger partial charge < -0.3 is 4.74 Å². The van der Waals surface area contributed by atoms with Gasteiger partial charge in [-0.2, -0.15) is 10.4 Å². The van der Waals surface area contributed by atoms with Crippen molar-refractivity contribution in [3.8, 4) is 11.8 Å². The van der Waals surface area contributed by atoms with Crippen molar-refractivity contribution in [2.45, 2.75) is 26.5 Å². The smallest absolute Gasteiger partial charge is 0.165 e. The first-order chi connectivity index (χ1) is 9.13. The molecule has 5 nitrogen and oxygen atoms in total. The Hall–Kier alpha value is -2.42. The highest BCUT2D eigenvalue weighted by Gasteiger charge is 2.12. The van der Waals surface area contributed by atoms with Crippen molar-refractivity contribution >= 4 is 0 Å². The van der Waals surface area contributed by atoms with Gasteiger partial charge in [-0.05, 0) is 26.0 Å². The predicted molar refractivity (Wildman–Crippen MR) is 65.9 cm³/mol. The Morgan fingerprint density at radius 3 is 2.95 bits per heavy atom. The fourth-order valence-corrected chi connectivity index (χ4v) is 1.68. The van der Waals surface area contributed by atoms with E-state index in [-0.39, 0.29) is 24.0 Å². The Morgan fingerprint density at radius 2 is 2.26 bits per heavy atom. The number of nitrogens with zero attached hydrogens (tertiary/aromatic N) is 4. The molecule has 0 aliphatic carbocycles. The molecule has 2 rings (SSSR count). The Balaban J connectivity index is 2.18. The number of nitriles is 1. The minimum Gasteiger partial charge on any atom is -0.484 e. The first kappa shape index (κ1) is 13.0. The van der Waals surface area contributed by atoms with Crippen molar-refractivity contribution in [2.24, 2.45) is 0 Å². The molecule has 0 spiro atoms. The van der Waals surface area contributed by atoms with E-state index >= 15 is 0 Å². The first-order valence-corrected chi connectivity index (χ1v) is 5.83. The summed E-state index contributed by atoms with van der Waals surface area (Å²) >= 11 is 0. The van der Waals surface area contributed by atoms with Crippen molar-refractivity contribution < 1.29 is 9.13 Å². The molecule has 0 saturated carbocycles. The van der Waals surface area contributed by atoms with E-state index in [9.17, 15) is 4.39 Å². The minimum absolute atomic E-state index is 0.0990. The number of aromatic nitrogens is 3. The van der Waals surface area contributed by atoms with Crippen LogP contribution in [0.5, 0.6) is 5.75 Å². The van der Waals surface area contributed by atoms with Crippen LogP contribution in [0.4, 0.5) is 4.39 Å². The molecule has 0 fully saturated rings. The summed E-state index contributed by atoms with van der Waals surface area (Å²) in [4.78, 5) is 4.08. The summed E-state index contributed by atoms with van der Waals surface area (Å²) in [6.07, 6.45) is 1.44. The SMILES string of the molecule is CC(C)n1ncnc1COc1cccc(F)c1C#N. The molecule has 2 aromatic rings. The number of rotatable bonds is 4. The zero-order valence-corrected chi connectivity index (χ0v) is 10.7. The second-order valence-corrected chi connectivity index (χ2v) is 4.23. The van der Waals surface area contributed by atoms with Crippen molar-refractivity contribution in [3.05, 3.63) is 41.7 Å². The topological polar surface area (TPSA) is 63.7 Å². The number of hydrogen-bond acceptors (Lipinski definition) is 4. The summed E-state index contributed by atoms with van der Waals surface area (Å²) in [6, 6.07) is 6.22. The van der Waals surface area contributed by atoms with Crippen LogP contribution in [0.2, 0.25) is 0 Å². The maximum atomic E-state index is 13.4. The first-order valence-electron chi connectivity index (χ1n) is 5.83. The van der Waals surface area contributed by atoms with Crippen LogP contribution in [0.3, 0.4) is 0 Å². The van der Waals surface area contributed by atoms with Gasteiger partial charge in [0.15, 0.2) is 5.82 Å². The van der Waals surface area contributed by atoms with Gasteiger partial charge in [-0.25, -0.2) is 14.1 Å². The molecular formula is C13H13FN4O. The van der Waals surface area contributed by atoms with Crippen LogP contribution in [0, 0.1) is 17.1 Å². The largest absolute Gasteiger partial charge is 0.484 e. The molecule has 1 aromatic carbocycles. The van der Waals surface area contributed by atoms with Gasteiger partial charge in [-0.15, -0.1) is 0 Å². The Labute approximate surface area is 110 Å². The van der Waals surface area contributed by atoms with Gasteiger partial charge in [0, 0.05) is 6.04 Å². The molecule has 0 unspecified atom stereocenters. The van der Waals surface area contributed by atoms with Crippen LogP contribution >= 0.6 is 0 Å². The summed E-state index contributed by atoms with van der Waals surface area (Å²) in [6.45, 7) is 4.08. The molecule has 1 aromatic heterocycles. The zero-order valence-electron chi connectivity index (χ0n) is 10.7. The second kappa shape index (κ2) is 5.48. The number of benzene rings is 1. The summed E-state index contributed by atoms with van der Waals surface area (Å²) in [5.41, 5.74) is -0.0990. The highest BCUT2D eigenvalue weighted by molar-refractivity contribution is 5.43. The average Bonchev–Trinajstić information content (AvgIpc) is 2.84. The zero-order chi connectivity index (χ0) is 13.8. The van der Waals surface area contributed by atoms with Gasteiger partial charge in [0.2, 0.25) is 0 Å². The van der Waals surface area contributed by atoms with Crippen molar-refractivity contribution in [2.75, 3.05) is 0 Å². The fraction of sp³-hybridized carbons (Fsp3) is 0.308. The lowest BCUT2D eigenvalue weighted by atomic mass is 10.2. The molecule has 0 atom stereocenters. The third-order valence-electron chi connectivity index (χ3n) is 2.58. The van der Waals surface area contributed by atoms with Crippen LogP contribution in [-0.2, 0) is 6.61 Å². The van der Waals surface area contributed by atoms with Crippen molar-refractivity contribution in [3.63, 3.8) is 0 Å². The lowest BCUT2D eigenvalue weighted by molar-refractivity contribution is 0.280. The third kappa shape index (κ3) is 2.71. The molecule has 6 heteroatoms. The Bertz CT molecular complexity index is 615. The van der Waals surface area contributed by atoms with E-state index in [0.29, 0.717) is 5.82 Å². The lowest BCUT2D eigenvalue weighted by Gasteiger charge is -2.11. The molecular weight excluding hydrogens is 247 g/mol. The summed E-state index contributed by atoms with van der Waals surface area (Å²) < 4.78 is 20.6. The van der Waals surface area contributed by atoms with Gasteiger partial charge in [0.05, 0.1) is 0 Å². The van der Waals surface area contributed by atoms with Crippen LogP contribution < -0.4 is 4.74 Å².